The molecule has 2 aromatic rings. The molecule has 0 bridgehead atoms. The van der Waals surface area contributed by atoms with Gasteiger partial charge in [-0.3, -0.25) is 14.3 Å². The molecule has 1 N–H and O–H groups in total. The minimum absolute atomic E-state index is 0.0843. The Bertz CT molecular complexity index is 798. The van der Waals surface area contributed by atoms with Gasteiger partial charge in [-0.2, -0.15) is 5.10 Å². The molecule has 1 aliphatic heterocycles. The van der Waals surface area contributed by atoms with Gasteiger partial charge in [-0.15, -0.1) is 0 Å². The SMILES string of the molecule is COCCCNC(=O)c1cc2n(n1)CCCN(Cc1ccc(C)cc1)C2=O. The van der Waals surface area contributed by atoms with Gasteiger partial charge in [0.15, 0.2) is 5.69 Å². The lowest BCUT2D eigenvalue weighted by Crippen LogP contribution is -2.30. The van der Waals surface area contributed by atoms with Crippen LogP contribution in [0.4, 0.5) is 0 Å². The molecule has 2 amide bonds. The van der Waals surface area contributed by atoms with Crippen LogP contribution in [0.15, 0.2) is 30.3 Å². The van der Waals surface area contributed by atoms with Gasteiger partial charge in [0.1, 0.15) is 5.69 Å². The van der Waals surface area contributed by atoms with Crippen molar-refractivity contribution in [3.8, 4) is 0 Å². The predicted molar refractivity (Wildman–Crippen MR) is 102 cm³/mol. The number of methoxy groups -OCH3 is 1. The lowest BCUT2D eigenvalue weighted by atomic mass is 10.1. The van der Waals surface area contributed by atoms with E-state index in [1.807, 2.05) is 36.1 Å². The number of hydrogen-bond donors (Lipinski definition) is 1. The van der Waals surface area contributed by atoms with Gasteiger partial charge in [-0.05, 0) is 25.3 Å². The second kappa shape index (κ2) is 8.81. The van der Waals surface area contributed by atoms with Crippen LogP contribution >= 0.6 is 0 Å². The molecule has 0 saturated carbocycles. The average Bonchev–Trinajstić information content (AvgIpc) is 3.04. The first-order valence-electron chi connectivity index (χ1n) is 9.28. The maximum atomic E-state index is 13.0. The van der Waals surface area contributed by atoms with Crippen molar-refractivity contribution in [2.24, 2.45) is 0 Å². The Morgan fingerprint density at radius 3 is 2.78 bits per heavy atom. The number of carbonyl (C=O) groups is 2. The highest BCUT2D eigenvalue weighted by molar-refractivity contribution is 5.98. The lowest BCUT2D eigenvalue weighted by Gasteiger charge is -2.20. The number of amides is 2. The third-order valence-corrected chi connectivity index (χ3v) is 4.62. The van der Waals surface area contributed by atoms with Gasteiger partial charge < -0.3 is 15.0 Å². The summed E-state index contributed by atoms with van der Waals surface area (Å²) in [5.41, 5.74) is 3.05. The van der Waals surface area contributed by atoms with Crippen LogP contribution < -0.4 is 5.32 Å². The average molecular weight is 370 g/mol. The predicted octanol–water partition coefficient (Wildman–Crippen LogP) is 2.00. The molecule has 0 atom stereocenters. The summed E-state index contributed by atoms with van der Waals surface area (Å²) >= 11 is 0. The maximum Gasteiger partial charge on any atom is 0.272 e. The zero-order valence-corrected chi connectivity index (χ0v) is 15.9. The molecule has 3 rings (SSSR count). The highest BCUT2D eigenvalue weighted by atomic mass is 16.5. The van der Waals surface area contributed by atoms with Gasteiger partial charge >= 0.3 is 0 Å². The molecule has 7 heteroatoms. The number of hydrogen-bond acceptors (Lipinski definition) is 4. The van der Waals surface area contributed by atoms with E-state index in [0.29, 0.717) is 38.5 Å². The van der Waals surface area contributed by atoms with Crippen LogP contribution in [0, 0.1) is 6.92 Å². The first-order valence-corrected chi connectivity index (χ1v) is 9.28. The van der Waals surface area contributed by atoms with Crippen molar-refractivity contribution in [3.63, 3.8) is 0 Å². The number of benzene rings is 1. The van der Waals surface area contributed by atoms with Crippen LogP contribution in [-0.4, -0.2) is 53.3 Å². The molecule has 0 unspecified atom stereocenters. The van der Waals surface area contributed by atoms with Crippen molar-refractivity contribution in [1.29, 1.82) is 0 Å². The Morgan fingerprint density at radius 1 is 1.26 bits per heavy atom. The number of rotatable bonds is 7. The van der Waals surface area contributed by atoms with E-state index < -0.39 is 0 Å². The van der Waals surface area contributed by atoms with Crippen LogP contribution in [0.2, 0.25) is 0 Å². The summed E-state index contributed by atoms with van der Waals surface area (Å²) in [6.07, 6.45) is 1.54. The standard InChI is InChI=1S/C20H26N4O3/c1-15-5-7-16(8-6-15)14-23-10-4-11-24-18(20(23)26)13-17(22-24)19(25)21-9-3-12-27-2/h5-8,13H,3-4,9-12,14H2,1-2H3,(H,21,25). The fourth-order valence-corrected chi connectivity index (χ4v) is 3.12. The fraction of sp³-hybridized carbons (Fsp3) is 0.450. The summed E-state index contributed by atoms with van der Waals surface area (Å²) in [7, 11) is 1.63. The molecule has 1 aliphatic rings. The van der Waals surface area contributed by atoms with E-state index in [2.05, 4.69) is 10.4 Å². The molecular formula is C20H26N4O3. The zero-order chi connectivity index (χ0) is 19.2. The molecule has 27 heavy (non-hydrogen) atoms. The minimum Gasteiger partial charge on any atom is -0.385 e. The Hall–Kier alpha value is -2.67. The van der Waals surface area contributed by atoms with E-state index in [9.17, 15) is 9.59 Å². The molecule has 144 valence electrons. The molecule has 0 aliphatic carbocycles. The monoisotopic (exact) mass is 370 g/mol. The summed E-state index contributed by atoms with van der Waals surface area (Å²) in [5.74, 6) is -0.344. The molecule has 1 aromatic carbocycles. The zero-order valence-electron chi connectivity index (χ0n) is 15.9. The normalized spacial score (nSPS) is 14.0. The van der Waals surface area contributed by atoms with Crippen molar-refractivity contribution in [2.45, 2.75) is 32.9 Å². The van der Waals surface area contributed by atoms with E-state index in [4.69, 9.17) is 4.74 Å². The van der Waals surface area contributed by atoms with Gasteiger partial charge in [0, 0.05) is 46.0 Å². The topological polar surface area (TPSA) is 76.5 Å². The lowest BCUT2D eigenvalue weighted by molar-refractivity contribution is 0.0745. The van der Waals surface area contributed by atoms with Crippen LogP contribution in [0.25, 0.3) is 0 Å². The van der Waals surface area contributed by atoms with Crippen LogP contribution in [0.1, 0.15) is 44.9 Å². The molecule has 7 nitrogen and oxygen atoms in total. The van der Waals surface area contributed by atoms with Crippen LogP contribution in [0.5, 0.6) is 0 Å². The molecular weight excluding hydrogens is 344 g/mol. The number of ether oxygens (including phenoxy) is 1. The minimum atomic E-state index is -0.260. The summed E-state index contributed by atoms with van der Waals surface area (Å²) < 4.78 is 6.62. The van der Waals surface area contributed by atoms with Gasteiger partial charge in [0.2, 0.25) is 0 Å². The molecule has 2 heterocycles. The Balaban J connectivity index is 1.69. The molecule has 0 saturated heterocycles. The van der Waals surface area contributed by atoms with E-state index in [-0.39, 0.29) is 17.5 Å². The van der Waals surface area contributed by atoms with E-state index in [1.165, 1.54) is 5.56 Å². The second-order valence-corrected chi connectivity index (χ2v) is 6.81. The number of carbonyl (C=O) groups excluding carboxylic acids is 2. The van der Waals surface area contributed by atoms with Crippen molar-refractivity contribution in [1.82, 2.24) is 20.0 Å². The van der Waals surface area contributed by atoms with Gasteiger partial charge in [0.05, 0.1) is 0 Å². The summed E-state index contributed by atoms with van der Waals surface area (Å²) in [4.78, 5) is 27.1. The largest absolute Gasteiger partial charge is 0.385 e. The smallest absolute Gasteiger partial charge is 0.272 e. The fourth-order valence-electron chi connectivity index (χ4n) is 3.12. The summed E-state index contributed by atoms with van der Waals surface area (Å²) in [6.45, 7) is 5.01. The second-order valence-electron chi connectivity index (χ2n) is 6.81. The quantitative estimate of drug-likeness (QED) is 0.757. The number of aromatic nitrogens is 2. The van der Waals surface area contributed by atoms with Crippen molar-refractivity contribution >= 4 is 11.8 Å². The van der Waals surface area contributed by atoms with E-state index in [1.54, 1.807) is 17.9 Å². The number of nitrogens with zero attached hydrogens (tertiary/aromatic N) is 3. The number of nitrogens with one attached hydrogen (secondary N) is 1. The third kappa shape index (κ3) is 4.74. The molecule has 0 radical (unpaired) electrons. The maximum absolute atomic E-state index is 13.0. The highest BCUT2D eigenvalue weighted by Crippen LogP contribution is 2.17. The van der Waals surface area contributed by atoms with E-state index >= 15 is 0 Å². The first-order chi connectivity index (χ1) is 13.1. The van der Waals surface area contributed by atoms with Crippen LogP contribution in [-0.2, 0) is 17.8 Å². The van der Waals surface area contributed by atoms with Gasteiger partial charge in [0.25, 0.3) is 11.8 Å². The van der Waals surface area contributed by atoms with Gasteiger partial charge in [-0.25, -0.2) is 0 Å². The Morgan fingerprint density at radius 2 is 2.04 bits per heavy atom. The van der Waals surface area contributed by atoms with Crippen molar-refractivity contribution < 1.29 is 14.3 Å². The van der Waals surface area contributed by atoms with E-state index in [0.717, 1.165) is 18.4 Å². The third-order valence-electron chi connectivity index (χ3n) is 4.62. The summed E-state index contributed by atoms with van der Waals surface area (Å²) in [6, 6.07) is 9.79. The molecule has 0 spiro atoms. The number of fused-ring (bicyclic) bond motifs is 1. The molecule has 0 fully saturated rings. The highest BCUT2D eigenvalue weighted by Gasteiger charge is 2.26. The molecule has 1 aromatic heterocycles. The van der Waals surface area contributed by atoms with Crippen molar-refractivity contribution in [3.05, 3.63) is 52.8 Å². The Labute approximate surface area is 159 Å². The van der Waals surface area contributed by atoms with Crippen molar-refractivity contribution in [2.75, 3.05) is 26.8 Å². The first kappa shape index (κ1) is 19.1. The van der Waals surface area contributed by atoms with Crippen LogP contribution in [0.3, 0.4) is 0 Å². The number of aryl methyl sites for hydroxylation is 2. The van der Waals surface area contributed by atoms with Gasteiger partial charge in [-0.1, -0.05) is 29.8 Å². The Kier molecular flexibility index (Phi) is 6.24. The summed E-state index contributed by atoms with van der Waals surface area (Å²) in [5, 5.41) is 7.15.